The maximum Gasteiger partial charge on any atom is 0.253 e. The van der Waals surface area contributed by atoms with Gasteiger partial charge < -0.3 is 4.90 Å². The summed E-state index contributed by atoms with van der Waals surface area (Å²) in [6, 6.07) is 3.48. The van der Waals surface area contributed by atoms with Gasteiger partial charge in [0, 0.05) is 30.3 Å². The maximum absolute atomic E-state index is 12.3. The van der Waals surface area contributed by atoms with E-state index in [4.69, 9.17) is 11.6 Å². The van der Waals surface area contributed by atoms with Crippen LogP contribution in [0.2, 0.25) is 5.15 Å². The van der Waals surface area contributed by atoms with Crippen LogP contribution in [-0.2, 0) is 5.41 Å². The minimum Gasteiger partial charge on any atom is -0.342 e. The van der Waals surface area contributed by atoms with Crippen LogP contribution in [0.15, 0.2) is 12.1 Å². The molecule has 0 bridgehead atoms. The summed E-state index contributed by atoms with van der Waals surface area (Å²) in [5.74, 6) is 0.00301. The predicted molar refractivity (Wildman–Crippen MR) is 79.8 cm³/mol. The van der Waals surface area contributed by atoms with Crippen LogP contribution < -0.4 is 0 Å². The van der Waals surface area contributed by atoms with Gasteiger partial charge >= 0.3 is 0 Å². The van der Waals surface area contributed by atoms with E-state index in [-0.39, 0.29) is 11.3 Å². The summed E-state index contributed by atoms with van der Waals surface area (Å²) in [6.07, 6.45) is 2.08. The number of pyridine rings is 1. The minimum atomic E-state index is -0.123. The molecule has 0 atom stereocenters. The summed E-state index contributed by atoms with van der Waals surface area (Å²) in [7, 11) is 1.82. The molecule has 0 aliphatic carbocycles. The van der Waals surface area contributed by atoms with E-state index in [1.807, 2.05) is 13.1 Å². The molecule has 1 rings (SSSR count). The molecule has 0 saturated heterocycles. The number of carbonyl (C=O) groups is 1. The van der Waals surface area contributed by atoms with Gasteiger partial charge in [-0.3, -0.25) is 4.79 Å². The van der Waals surface area contributed by atoms with Crippen molar-refractivity contribution in [1.29, 1.82) is 0 Å². The van der Waals surface area contributed by atoms with E-state index in [1.54, 1.807) is 11.0 Å². The van der Waals surface area contributed by atoms with Crippen molar-refractivity contribution < 1.29 is 4.79 Å². The molecule has 0 aromatic carbocycles. The third kappa shape index (κ3) is 4.50. The molecule has 0 N–H and O–H groups in total. The molecule has 0 aliphatic rings. The van der Waals surface area contributed by atoms with Gasteiger partial charge in [0.25, 0.3) is 5.91 Å². The van der Waals surface area contributed by atoms with E-state index < -0.39 is 0 Å². The first-order valence-corrected chi connectivity index (χ1v) is 7.07. The standard InChI is InChI=1S/C15H23ClN2O/c1-6-7-8-18(5)14(19)11-9-12(15(2,3)4)17-13(16)10-11/h9-10H,6-8H2,1-5H3. The number of aromatic nitrogens is 1. The van der Waals surface area contributed by atoms with Gasteiger partial charge in [-0.25, -0.2) is 4.98 Å². The quantitative estimate of drug-likeness (QED) is 0.785. The minimum absolute atomic E-state index is 0.00301. The van der Waals surface area contributed by atoms with Crippen LogP contribution >= 0.6 is 11.6 Å². The highest BCUT2D eigenvalue weighted by Gasteiger charge is 2.20. The Morgan fingerprint density at radius 3 is 2.53 bits per heavy atom. The molecule has 0 fully saturated rings. The molecule has 1 aromatic rings. The molecule has 0 aliphatic heterocycles. The Bertz CT molecular complexity index is 452. The summed E-state index contributed by atoms with van der Waals surface area (Å²) in [4.78, 5) is 18.4. The van der Waals surface area contributed by atoms with Crippen LogP contribution in [0, 0.1) is 0 Å². The second kappa shape index (κ2) is 6.38. The first kappa shape index (κ1) is 16.0. The first-order chi connectivity index (χ1) is 8.75. The SMILES string of the molecule is CCCCN(C)C(=O)c1cc(Cl)nc(C(C)(C)C)c1. The fourth-order valence-electron chi connectivity index (χ4n) is 1.72. The van der Waals surface area contributed by atoms with E-state index in [1.165, 1.54) is 0 Å². The number of amides is 1. The lowest BCUT2D eigenvalue weighted by molar-refractivity contribution is 0.0793. The van der Waals surface area contributed by atoms with Crippen molar-refractivity contribution in [2.45, 2.75) is 46.0 Å². The van der Waals surface area contributed by atoms with Crippen molar-refractivity contribution in [3.05, 3.63) is 28.5 Å². The van der Waals surface area contributed by atoms with Gasteiger partial charge in [-0.05, 0) is 18.6 Å². The number of rotatable bonds is 4. The second-order valence-corrected chi connectivity index (χ2v) is 6.28. The zero-order chi connectivity index (χ0) is 14.6. The maximum atomic E-state index is 12.3. The number of nitrogens with zero attached hydrogens (tertiary/aromatic N) is 2. The monoisotopic (exact) mass is 282 g/mol. The molecule has 0 saturated carbocycles. The van der Waals surface area contributed by atoms with Crippen molar-refractivity contribution in [2.75, 3.05) is 13.6 Å². The molecule has 4 heteroatoms. The lowest BCUT2D eigenvalue weighted by Crippen LogP contribution is -2.28. The molecule has 19 heavy (non-hydrogen) atoms. The average Bonchev–Trinajstić information content (AvgIpc) is 2.33. The Kier molecular flexibility index (Phi) is 5.36. The van der Waals surface area contributed by atoms with E-state index >= 15 is 0 Å². The summed E-state index contributed by atoms with van der Waals surface area (Å²) in [5.41, 5.74) is 1.33. The molecule has 3 nitrogen and oxygen atoms in total. The van der Waals surface area contributed by atoms with Gasteiger partial charge in [-0.2, -0.15) is 0 Å². The van der Waals surface area contributed by atoms with Gasteiger partial charge in [0.15, 0.2) is 0 Å². The van der Waals surface area contributed by atoms with Crippen LogP contribution in [0.3, 0.4) is 0 Å². The topological polar surface area (TPSA) is 33.2 Å². The Balaban J connectivity index is 3.00. The first-order valence-electron chi connectivity index (χ1n) is 6.69. The fraction of sp³-hybridized carbons (Fsp3) is 0.600. The summed E-state index contributed by atoms with van der Waals surface area (Å²) >= 11 is 6.03. The molecule has 0 unspecified atom stereocenters. The summed E-state index contributed by atoms with van der Waals surface area (Å²) in [5, 5.41) is 0.375. The van der Waals surface area contributed by atoms with Gasteiger partial charge in [0.1, 0.15) is 5.15 Å². The highest BCUT2D eigenvalue weighted by Crippen LogP contribution is 2.23. The molecular weight excluding hydrogens is 260 g/mol. The predicted octanol–water partition coefficient (Wildman–Crippen LogP) is 3.90. The van der Waals surface area contributed by atoms with Crippen molar-refractivity contribution in [3.8, 4) is 0 Å². The normalized spacial score (nSPS) is 11.5. The van der Waals surface area contributed by atoms with Crippen LogP contribution in [-0.4, -0.2) is 29.4 Å². The van der Waals surface area contributed by atoms with Crippen LogP contribution in [0.25, 0.3) is 0 Å². The third-order valence-corrected chi connectivity index (χ3v) is 3.20. The molecule has 1 amide bonds. The van der Waals surface area contributed by atoms with Crippen LogP contribution in [0.5, 0.6) is 0 Å². The van der Waals surface area contributed by atoms with Gasteiger partial charge in [-0.1, -0.05) is 45.7 Å². The molecule has 1 heterocycles. The molecule has 106 valence electrons. The lowest BCUT2D eigenvalue weighted by Gasteiger charge is -2.21. The lowest BCUT2D eigenvalue weighted by atomic mass is 9.91. The Labute approximate surface area is 121 Å². The van der Waals surface area contributed by atoms with Crippen molar-refractivity contribution in [2.24, 2.45) is 0 Å². The van der Waals surface area contributed by atoms with Crippen molar-refractivity contribution in [1.82, 2.24) is 9.88 Å². The number of halogens is 1. The Morgan fingerprint density at radius 2 is 2.00 bits per heavy atom. The fourth-order valence-corrected chi connectivity index (χ4v) is 1.93. The van der Waals surface area contributed by atoms with E-state index in [0.29, 0.717) is 10.7 Å². The summed E-state index contributed by atoms with van der Waals surface area (Å²) in [6.45, 7) is 9.04. The zero-order valence-electron chi connectivity index (χ0n) is 12.5. The van der Waals surface area contributed by atoms with E-state index in [2.05, 4.69) is 32.7 Å². The molecule has 1 aromatic heterocycles. The third-order valence-electron chi connectivity index (χ3n) is 3.00. The van der Waals surface area contributed by atoms with Crippen molar-refractivity contribution in [3.63, 3.8) is 0 Å². The molecule has 0 spiro atoms. The number of unbranched alkanes of at least 4 members (excludes halogenated alkanes) is 1. The number of carbonyl (C=O) groups excluding carboxylic acids is 1. The highest BCUT2D eigenvalue weighted by atomic mass is 35.5. The van der Waals surface area contributed by atoms with Gasteiger partial charge in [0.05, 0.1) is 0 Å². The highest BCUT2D eigenvalue weighted by molar-refractivity contribution is 6.29. The van der Waals surface area contributed by atoms with Crippen LogP contribution in [0.4, 0.5) is 0 Å². The number of hydrogen-bond acceptors (Lipinski definition) is 2. The summed E-state index contributed by atoms with van der Waals surface area (Å²) < 4.78 is 0. The zero-order valence-corrected chi connectivity index (χ0v) is 13.2. The number of hydrogen-bond donors (Lipinski definition) is 0. The average molecular weight is 283 g/mol. The smallest absolute Gasteiger partial charge is 0.253 e. The Hall–Kier alpha value is -1.09. The molecular formula is C15H23ClN2O. The van der Waals surface area contributed by atoms with E-state index in [0.717, 1.165) is 25.1 Å². The van der Waals surface area contributed by atoms with Gasteiger partial charge in [0.2, 0.25) is 0 Å². The largest absolute Gasteiger partial charge is 0.342 e. The van der Waals surface area contributed by atoms with Crippen LogP contribution in [0.1, 0.15) is 56.6 Å². The molecule has 0 radical (unpaired) electrons. The second-order valence-electron chi connectivity index (χ2n) is 5.89. The van der Waals surface area contributed by atoms with Gasteiger partial charge in [-0.15, -0.1) is 0 Å². The van der Waals surface area contributed by atoms with Crippen molar-refractivity contribution >= 4 is 17.5 Å². The van der Waals surface area contributed by atoms with E-state index in [9.17, 15) is 4.79 Å². The Morgan fingerprint density at radius 1 is 1.37 bits per heavy atom.